The highest BCUT2D eigenvalue weighted by atomic mass is 16.6. The summed E-state index contributed by atoms with van der Waals surface area (Å²) in [6.45, 7) is 3.82. The molecule has 2 aromatic rings. The molecule has 2 aliphatic heterocycles. The van der Waals surface area contributed by atoms with Gasteiger partial charge in [-0.3, -0.25) is 4.57 Å². The first-order chi connectivity index (χ1) is 12.9. The van der Waals surface area contributed by atoms with Crippen molar-refractivity contribution >= 4 is 28.9 Å². The summed E-state index contributed by atoms with van der Waals surface area (Å²) in [5.41, 5.74) is 1.04. The van der Waals surface area contributed by atoms with Crippen LogP contribution in [0.3, 0.4) is 0 Å². The summed E-state index contributed by atoms with van der Waals surface area (Å²) in [5, 5.41) is 2.84. The van der Waals surface area contributed by atoms with Gasteiger partial charge < -0.3 is 24.3 Å². The number of nitrogens with one attached hydrogen (secondary N) is 1. The van der Waals surface area contributed by atoms with Crippen LogP contribution in [-0.2, 0) is 11.3 Å². The van der Waals surface area contributed by atoms with E-state index in [1.807, 2.05) is 6.92 Å². The average molecular weight is 374 g/mol. The average Bonchev–Trinajstić information content (AvgIpc) is 3.09. The van der Waals surface area contributed by atoms with Crippen LogP contribution in [-0.4, -0.2) is 58.8 Å². The third-order valence-corrected chi connectivity index (χ3v) is 5.20. The van der Waals surface area contributed by atoms with Gasteiger partial charge in [-0.25, -0.2) is 14.4 Å². The Morgan fingerprint density at radius 1 is 1.30 bits per heavy atom. The molecule has 0 saturated carbocycles. The number of fused-ring (bicyclic) bond motifs is 1. The molecule has 1 N–H and O–H groups in total. The lowest BCUT2D eigenvalue weighted by Crippen LogP contribution is -2.53. The lowest BCUT2D eigenvalue weighted by molar-refractivity contribution is 0.00497. The van der Waals surface area contributed by atoms with E-state index in [-0.39, 0.29) is 12.1 Å². The number of ether oxygens (including phenoxy) is 1. The van der Waals surface area contributed by atoms with Crippen molar-refractivity contribution in [3.63, 3.8) is 0 Å². The molecule has 1 aromatic heterocycles. The second-order valence-corrected chi connectivity index (χ2v) is 7.16. The highest BCUT2D eigenvalue weighted by Gasteiger charge is 2.47. The number of hydrogen-bond donors (Lipinski definition) is 1. The number of piperidine rings is 1. The van der Waals surface area contributed by atoms with Gasteiger partial charge in [-0.05, 0) is 31.9 Å². The Kier molecular flexibility index (Phi) is 4.09. The largest absolute Gasteiger partial charge is 0.439 e. The fraction of sp³-hybridized carbons (Fsp3) is 0.500. The monoisotopic (exact) mass is 374 g/mol. The van der Waals surface area contributed by atoms with Crippen molar-refractivity contribution in [1.82, 2.24) is 14.4 Å². The number of urea groups is 1. The predicted octanol–water partition coefficient (Wildman–Crippen LogP) is 2.06. The molecule has 9 nitrogen and oxygen atoms in total. The zero-order chi connectivity index (χ0) is 19.2. The number of likely N-dealkylation sites (N-methyl/N-ethyl adjacent to an activating group) is 1. The summed E-state index contributed by atoms with van der Waals surface area (Å²) in [6, 6.07) is 4.87. The first-order valence-corrected chi connectivity index (χ1v) is 9.04. The van der Waals surface area contributed by atoms with E-state index in [4.69, 9.17) is 9.15 Å². The van der Waals surface area contributed by atoms with Gasteiger partial charge >= 0.3 is 17.9 Å². The number of benzene rings is 1. The van der Waals surface area contributed by atoms with Gasteiger partial charge in [-0.2, -0.15) is 0 Å². The summed E-state index contributed by atoms with van der Waals surface area (Å²) in [6.07, 6.45) is 1.16. The third-order valence-electron chi connectivity index (χ3n) is 5.20. The molecule has 1 spiro atoms. The van der Waals surface area contributed by atoms with Crippen molar-refractivity contribution in [3.8, 4) is 0 Å². The van der Waals surface area contributed by atoms with Crippen molar-refractivity contribution in [2.45, 2.75) is 31.9 Å². The van der Waals surface area contributed by atoms with Crippen molar-refractivity contribution in [2.75, 3.05) is 32.0 Å². The first-order valence-electron chi connectivity index (χ1n) is 9.04. The SMILES string of the molecule is CCn1c(=O)oc2cc(NC(=O)N3CCC[C@]4(CN(C)C(=O)O4)C3)ccc21. The lowest BCUT2D eigenvalue weighted by atomic mass is 9.93. The fourth-order valence-electron chi connectivity index (χ4n) is 3.92. The molecule has 27 heavy (non-hydrogen) atoms. The molecule has 144 valence electrons. The van der Waals surface area contributed by atoms with Crippen LogP contribution in [0.25, 0.3) is 11.1 Å². The van der Waals surface area contributed by atoms with E-state index < -0.39 is 11.4 Å². The maximum atomic E-state index is 12.7. The third kappa shape index (κ3) is 3.02. The van der Waals surface area contributed by atoms with Crippen LogP contribution < -0.4 is 11.1 Å². The highest BCUT2D eigenvalue weighted by molar-refractivity contribution is 5.91. The first kappa shape index (κ1) is 17.4. The second kappa shape index (κ2) is 6.33. The molecular weight excluding hydrogens is 352 g/mol. The summed E-state index contributed by atoms with van der Waals surface area (Å²) in [5.74, 6) is -0.416. The van der Waals surface area contributed by atoms with Crippen LogP contribution in [0.1, 0.15) is 19.8 Å². The number of aryl methyl sites for hydroxylation is 1. The number of anilines is 1. The molecule has 0 aliphatic carbocycles. The topological polar surface area (TPSA) is 97.0 Å². The van der Waals surface area contributed by atoms with Crippen LogP contribution in [0.5, 0.6) is 0 Å². The fourth-order valence-corrected chi connectivity index (χ4v) is 3.92. The molecule has 2 fully saturated rings. The van der Waals surface area contributed by atoms with E-state index in [1.54, 1.807) is 30.1 Å². The van der Waals surface area contributed by atoms with Gasteiger partial charge in [-0.15, -0.1) is 0 Å². The highest BCUT2D eigenvalue weighted by Crippen LogP contribution is 2.31. The van der Waals surface area contributed by atoms with Gasteiger partial charge in [0.25, 0.3) is 0 Å². The maximum Gasteiger partial charge on any atom is 0.419 e. The molecule has 9 heteroatoms. The number of carbonyl (C=O) groups excluding carboxylic acids is 2. The molecule has 0 radical (unpaired) electrons. The van der Waals surface area contributed by atoms with E-state index in [0.29, 0.717) is 43.0 Å². The van der Waals surface area contributed by atoms with Gasteiger partial charge in [0.15, 0.2) is 5.58 Å². The standard InChI is InChI=1S/C18H22N4O5/c1-3-22-13-6-5-12(9-14(13)26-17(22)25)19-15(23)21-8-4-7-18(11-21)10-20(2)16(24)27-18/h5-6,9H,3-4,7-8,10-11H2,1-2H3,(H,19,23)/t18-/m0/s1. The van der Waals surface area contributed by atoms with E-state index >= 15 is 0 Å². The van der Waals surface area contributed by atoms with Crippen LogP contribution in [0.15, 0.2) is 27.4 Å². The van der Waals surface area contributed by atoms with E-state index in [0.717, 1.165) is 12.8 Å². The number of oxazole rings is 1. The molecule has 1 aromatic carbocycles. The summed E-state index contributed by atoms with van der Waals surface area (Å²) < 4.78 is 12.3. The molecular formula is C18H22N4O5. The molecule has 4 rings (SSSR count). The predicted molar refractivity (Wildman–Crippen MR) is 97.8 cm³/mol. The van der Waals surface area contributed by atoms with Gasteiger partial charge in [-0.1, -0.05) is 0 Å². The van der Waals surface area contributed by atoms with Gasteiger partial charge in [0, 0.05) is 31.9 Å². The number of likely N-dealkylation sites (tertiary alicyclic amines) is 1. The Bertz CT molecular complexity index is 964. The van der Waals surface area contributed by atoms with E-state index in [1.165, 1.54) is 9.47 Å². The Hall–Kier alpha value is -2.97. The van der Waals surface area contributed by atoms with Crippen molar-refractivity contribution in [1.29, 1.82) is 0 Å². The number of amides is 3. The normalized spacial score (nSPS) is 22.5. The van der Waals surface area contributed by atoms with Crippen LogP contribution in [0.4, 0.5) is 15.3 Å². The van der Waals surface area contributed by atoms with E-state index in [2.05, 4.69) is 5.32 Å². The molecule has 0 bridgehead atoms. The minimum absolute atomic E-state index is 0.267. The van der Waals surface area contributed by atoms with E-state index in [9.17, 15) is 14.4 Å². The number of aromatic nitrogens is 1. The number of rotatable bonds is 2. The van der Waals surface area contributed by atoms with Crippen LogP contribution >= 0.6 is 0 Å². The number of hydrogen-bond acceptors (Lipinski definition) is 5. The Labute approximate surface area is 155 Å². The summed E-state index contributed by atoms with van der Waals surface area (Å²) in [7, 11) is 1.70. The van der Waals surface area contributed by atoms with Crippen LogP contribution in [0.2, 0.25) is 0 Å². The Morgan fingerprint density at radius 2 is 2.11 bits per heavy atom. The van der Waals surface area contributed by atoms with Gasteiger partial charge in [0.2, 0.25) is 0 Å². The molecule has 0 unspecified atom stereocenters. The minimum Gasteiger partial charge on any atom is -0.439 e. The number of carbonyl (C=O) groups is 2. The molecule has 2 saturated heterocycles. The van der Waals surface area contributed by atoms with Crippen molar-refractivity contribution in [2.24, 2.45) is 0 Å². The van der Waals surface area contributed by atoms with Crippen LogP contribution in [0, 0.1) is 0 Å². The maximum absolute atomic E-state index is 12.7. The zero-order valence-electron chi connectivity index (χ0n) is 15.4. The Balaban J connectivity index is 1.49. The summed E-state index contributed by atoms with van der Waals surface area (Å²) in [4.78, 5) is 39.4. The molecule has 3 heterocycles. The molecule has 3 amide bonds. The minimum atomic E-state index is -0.628. The van der Waals surface area contributed by atoms with Crippen molar-refractivity contribution in [3.05, 3.63) is 28.7 Å². The Morgan fingerprint density at radius 3 is 2.81 bits per heavy atom. The zero-order valence-corrected chi connectivity index (χ0v) is 15.4. The summed E-state index contributed by atoms with van der Waals surface area (Å²) >= 11 is 0. The van der Waals surface area contributed by atoms with Gasteiger partial charge in [0.05, 0.1) is 18.6 Å². The quantitative estimate of drug-likeness (QED) is 0.868. The smallest absolute Gasteiger partial charge is 0.419 e. The second-order valence-electron chi connectivity index (χ2n) is 7.16. The molecule has 1 atom stereocenters. The number of nitrogens with zero attached hydrogens (tertiary/aromatic N) is 3. The van der Waals surface area contributed by atoms with Gasteiger partial charge in [0.1, 0.15) is 5.60 Å². The van der Waals surface area contributed by atoms with Crippen molar-refractivity contribution < 1.29 is 18.7 Å². The molecule has 2 aliphatic rings. The lowest BCUT2D eigenvalue weighted by Gasteiger charge is -2.38.